The summed E-state index contributed by atoms with van der Waals surface area (Å²) in [5.74, 6) is -0.369. The number of epoxide rings is 1. The molecule has 2 aliphatic rings. The Kier molecular flexibility index (Phi) is 5.30. The van der Waals surface area contributed by atoms with E-state index in [2.05, 4.69) is 5.32 Å². The Morgan fingerprint density at radius 3 is 2.65 bits per heavy atom. The fraction of sp³-hybridized carbons (Fsp3) is 0.917. The molecule has 8 nitrogen and oxygen atoms in total. The maximum Gasteiger partial charge on any atom is 0.217 e. The van der Waals surface area contributed by atoms with Crippen LogP contribution in [0.2, 0.25) is 0 Å². The van der Waals surface area contributed by atoms with Gasteiger partial charge in [0.1, 0.15) is 24.4 Å². The molecule has 2 saturated heterocycles. The summed E-state index contributed by atoms with van der Waals surface area (Å²) in [6, 6.07) is -0.884. The molecule has 4 N–H and O–H groups in total. The van der Waals surface area contributed by atoms with Gasteiger partial charge in [0.25, 0.3) is 0 Å². The molecule has 0 saturated carbocycles. The van der Waals surface area contributed by atoms with Crippen molar-refractivity contribution in [2.75, 3.05) is 19.8 Å². The van der Waals surface area contributed by atoms with Gasteiger partial charge in [0, 0.05) is 6.92 Å². The molecule has 0 unspecified atom stereocenters. The van der Waals surface area contributed by atoms with Gasteiger partial charge in [-0.25, -0.2) is 0 Å². The van der Waals surface area contributed by atoms with E-state index >= 15 is 0 Å². The minimum Gasteiger partial charge on any atom is -0.394 e. The highest BCUT2D eigenvalue weighted by Gasteiger charge is 2.45. The molecule has 2 rings (SSSR count). The van der Waals surface area contributed by atoms with Crippen LogP contribution in [0.1, 0.15) is 13.3 Å². The lowest BCUT2D eigenvalue weighted by molar-refractivity contribution is -0.270. The summed E-state index contributed by atoms with van der Waals surface area (Å²) in [6.07, 6.45) is -3.54. The molecule has 0 aliphatic carbocycles. The molecule has 0 aromatic rings. The van der Waals surface area contributed by atoms with E-state index < -0.39 is 37.3 Å². The molecule has 2 heterocycles. The van der Waals surface area contributed by atoms with Gasteiger partial charge in [-0.15, -0.1) is 0 Å². The molecular formula is C12H21NO7. The van der Waals surface area contributed by atoms with E-state index in [1.807, 2.05) is 0 Å². The van der Waals surface area contributed by atoms with Crippen molar-refractivity contribution >= 4 is 5.91 Å². The van der Waals surface area contributed by atoms with Crippen molar-refractivity contribution in [2.45, 2.75) is 50.1 Å². The second-order valence-electron chi connectivity index (χ2n) is 5.05. The monoisotopic (exact) mass is 291 g/mol. The Morgan fingerprint density at radius 2 is 2.10 bits per heavy atom. The van der Waals surface area contributed by atoms with Crippen molar-refractivity contribution in [3.05, 3.63) is 0 Å². The smallest absolute Gasteiger partial charge is 0.217 e. The molecule has 0 bridgehead atoms. The first kappa shape index (κ1) is 15.6. The van der Waals surface area contributed by atoms with E-state index in [1.165, 1.54) is 6.92 Å². The normalized spacial score (nSPS) is 40.4. The van der Waals surface area contributed by atoms with E-state index in [-0.39, 0.29) is 12.0 Å². The van der Waals surface area contributed by atoms with E-state index in [1.54, 1.807) is 0 Å². The molecule has 0 aromatic heterocycles. The zero-order chi connectivity index (χ0) is 14.7. The highest BCUT2D eigenvalue weighted by Crippen LogP contribution is 2.23. The maximum absolute atomic E-state index is 11.2. The quantitative estimate of drug-likeness (QED) is 0.407. The summed E-state index contributed by atoms with van der Waals surface area (Å²) in [6.45, 7) is 1.90. The molecule has 8 heteroatoms. The molecule has 1 amide bonds. The number of ether oxygens (including phenoxy) is 3. The minimum atomic E-state index is -1.29. The number of aliphatic hydroxyl groups excluding tert-OH is 3. The van der Waals surface area contributed by atoms with Crippen molar-refractivity contribution in [2.24, 2.45) is 0 Å². The standard InChI is InChI=1S/C12H21NO7/c1-6(15)13-9-11(17)10(16)8(4-14)20-12(9)18-3-2-7-5-19-7/h7-12,14,16-17H,2-5H2,1H3,(H,13,15)/t7-,8+,9+,10+,11+,12+/m0/s1. The van der Waals surface area contributed by atoms with Crippen LogP contribution in [0.4, 0.5) is 0 Å². The third-order valence-electron chi connectivity index (χ3n) is 3.38. The Balaban J connectivity index is 1.95. The van der Waals surface area contributed by atoms with E-state index in [9.17, 15) is 15.0 Å². The second kappa shape index (κ2) is 6.79. The Hall–Kier alpha value is -0.770. The van der Waals surface area contributed by atoms with Crippen molar-refractivity contribution < 1.29 is 34.3 Å². The van der Waals surface area contributed by atoms with Crippen molar-refractivity contribution in [1.82, 2.24) is 5.32 Å². The number of nitrogens with one attached hydrogen (secondary N) is 1. The first-order valence-corrected chi connectivity index (χ1v) is 6.65. The predicted octanol–water partition coefficient (Wildman–Crippen LogP) is -2.26. The summed E-state index contributed by atoms with van der Waals surface area (Å²) in [4.78, 5) is 11.2. The molecule has 2 fully saturated rings. The SMILES string of the molecule is CC(=O)N[C@H]1[C@H](OCC[C@H]2CO2)O[C@H](CO)[C@@H](O)[C@@H]1O. The van der Waals surface area contributed by atoms with E-state index in [0.717, 1.165) is 0 Å². The van der Waals surface area contributed by atoms with Crippen LogP contribution in [-0.2, 0) is 19.0 Å². The van der Waals surface area contributed by atoms with Gasteiger partial charge in [-0.1, -0.05) is 0 Å². The third kappa shape index (κ3) is 3.87. The third-order valence-corrected chi connectivity index (χ3v) is 3.38. The fourth-order valence-electron chi connectivity index (χ4n) is 2.16. The molecule has 6 atom stereocenters. The Morgan fingerprint density at radius 1 is 1.40 bits per heavy atom. The first-order chi connectivity index (χ1) is 9.52. The zero-order valence-electron chi connectivity index (χ0n) is 11.3. The van der Waals surface area contributed by atoms with Gasteiger partial charge in [-0.2, -0.15) is 0 Å². The molecule has 0 spiro atoms. The lowest BCUT2D eigenvalue weighted by Gasteiger charge is -2.42. The number of amides is 1. The van der Waals surface area contributed by atoms with Crippen LogP contribution in [0, 0.1) is 0 Å². The van der Waals surface area contributed by atoms with Crippen LogP contribution in [0.25, 0.3) is 0 Å². The van der Waals surface area contributed by atoms with Gasteiger partial charge < -0.3 is 34.8 Å². The van der Waals surface area contributed by atoms with Gasteiger partial charge in [0.05, 0.1) is 25.9 Å². The van der Waals surface area contributed by atoms with Gasteiger partial charge in [-0.05, 0) is 6.42 Å². The summed E-state index contributed by atoms with van der Waals surface area (Å²) >= 11 is 0. The van der Waals surface area contributed by atoms with E-state index in [0.29, 0.717) is 19.6 Å². The number of carbonyl (C=O) groups is 1. The zero-order valence-corrected chi connectivity index (χ0v) is 11.3. The summed E-state index contributed by atoms with van der Waals surface area (Å²) < 4.78 is 15.9. The highest BCUT2D eigenvalue weighted by molar-refractivity contribution is 5.73. The molecule has 116 valence electrons. The fourth-order valence-corrected chi connectivity index (χ4v) is 2.16. The number of carbonyl (C=O) groups excluding carboxylic acids is 1. The van der Waals surface area contributed by atoms with Gasteiger partial charge >= 0.3 is 0 Å². The van der Waals surface area contributed by atoms with Crippen LogP contribution in [0.15, 0.2) is 0 Å². The van der Waals surface area contributed by atoms with Crippen LogP contribution in [0.5, 0.6) is 0 Å². The summed E-state index contributed by atoms with van der Waals surface area (Å²) in [5.41, 5.74) is 0. The topological polar surface area (TPSA) is 121 Å². The van der Waals surface area contributed by atoms with Crippen LogP contribution in [0.3, 0.4) is 0 Å². The minimum absolute atomic E-state index is 0.196. The van der Waals surface area contributed by atoms with Crippen molar-refractivity contribution in [3.8, 4) is 0 Å². The lowest BCUT2D eigenvalue weighted by atomic mass is 9.97. The number of hydrogen-bond donors (Lipinski definition) is 4. The molecule has 20 heavy (non-hydrogen) atoms. The Labute approximate surface area is 116 Å². The average Bonchev–Trinajstić information content (AvgIpc) is 3.21. The lowest BCUT2D eigenvalue weighted by Crippen LogP contribution is -2.64. The van der Waals surface area contributed by atoms with Gasteiger partial charge in [0.15, 0.2) is 6.29 Å². The average molecular weight is 291 g/mol. The van der Waals surface area contributed by atoms with Gasteiger partial charge in [-0.3, -0.25) is 4.79 Å². The van der Waals surface area contributed by atoms with Crippen molar-refractivity contribution in [3.63, 3.8) is 0 Å². The molecular weight excluding hydrogens is 270 g/mol. The van der Waals surface area contributed by atoms with Crippen molar-refractivity contribution in [1.29, 1.82) is 0 Å². The second-order valence-corrected chi connectivity index (χ2v) is 5.05. The van der Waals surface area contributed by atoms with E-state index in [4.69, 9.17) is 19.3 Å². The van der Waals surface area contributed by atoms with Crippen LogP contribution in [-0.4, -0.2) is 77.8 Å². The molecule has 2 aliphatic heterocycles. The number of rotatable bonds is 6. The highest BCUT2D eigenvalue weighted by atomic mass is 16.7. The predicted molar refractivity (Wildman–Crippen MR) is 65.7 cm³/mol. The number of hydrogen-bond acceptors (Lipinski definition) is 7. The molecule has 0 aromatic carbocycles. The van der Waals surface area contributed by atoms with Gasteiger partial charge in [0.2, 0.25) is 5.91 Å². The maximum atomic E-state index is 11.2. The summed E-state index contributed by atoms with van der Waals surface area (Å²) in [5, 5.41) is 31.4. The first-order valence-electron chi connectivity index (χ1n) is 6.65. The molecule has 0 radical (unpaired) electrons. The van der Waals surface area contributed by atoms with Crippen LogP contribution < -0.4 is 5.32 Å². The Bertz CT molecular complexity index is 336. The number of aliphatic hydroxyl groups is 3. The summed E-state index contributed by atoms with van der Waals surface area (Å²) in [7, 11) is 0. The largest absolute Gasteiger partial charge is 0.394 e. The van der Waals surface area contributed by atoms with Crippen LogP contribution >= 0.6 is 0 Å².